The molecule has 0 radical (unpaired) electrons. The van der Waals surface area contributed by atoms with Crippen molar-refractivity contribution < 1.29 is 9.53 Å². The first kappa shape index (κ1) is 20.9. The van der Waals surface area contributed by atoms with Crippen LogP contribution in [0.5, 0.6) is 0 Å². The van der Waals surface area contributed by atoms with E-state index in [9.17, 15) is 4.79 Å². The minimum atomic E-state index is -0.216. The van der Waals surface area contributed by atoms with Crippen LogP contribution in [-0.2, 0) is 4.74 Å². The van der Waals surface area contributed by atoms with Gasteiger partial charge in [0.1, 0.15) is 6.10 Å². The van der Waals surface area contributed by atoms with Gasteiger partial charge in [-0.05, 0) is 67.2 Å². The molecular formula is C22H41N3O2. The molecule has 0 aromatic heterocycles. The molecule has 0 aromatic rings. The monoisotopic (exact) mass is 379 g/mol. The molecule has 3 N–H and O–H groups in total. The van der Waals surface area contributed by atoms with Gasteiger partial charge in [-0.15, -0.1) is 0 Å². The van der Waals surface area contributed by atoms with E-state index in [-0.39, 0.29) is 34.4 Å². The molecule has 1 atom stereocenters. The van der Waals surface area contributed by atoms with E-state index in [4.69, 9.17) is 4.74 Å². The molecule has 1 unspecified atom stereocenters. The van der Waals surface area contributed by atoms with Gasteiger partial charge in [0, 0.05) is 41.0 Å². The number of carbonyl (C=O) groups is 1. The SMILES string of the molecule is CC1(C)CC2(CC(OC(=O)NC3CCCCC3)CC(C)(C)N2)CC(C)(C)N1. The summed E-state index contributed by atoms with van der Waals surface area (Å²) in [5.41, 5.74) is 0.0570. The molecule has 0 aromatic carbocycles. The van der Waals surface area contributed by atoms with E-state index in [1.54, 1.807) is 0 Å². The highest BCUT2D eigenvalue weighted by Gasteiger charge is 2.52. The maximum atomic E-state index is 12.6. The Balaban J connectivity index is 1.68. The van der Waals surface area contributed by atoms with Gasteiger partial charge < -0.3 is 20.7 Å². The van der Waals surface area contributed by atoms with Crippen LogP contribution in [0, 0.1) is 0 Å². The number of carbonyl (C=O) groups excluding carboxylic acids is 1. The van der Waals surface area contributed by atoms with Crippen molar-refractivity contribution in [3.8, 4) is 0 Å². The second-order valence-electron chi connectivity index (χ2n) is 11.5. The lowest BCUT2D eigenvalue weighted by molar-refractivity contribution is -0.0334. The van der Waals surface area contributed by atoms with Gasteiger partial charge in [-0.2, -0.15) is 0 Å². The van der Waals surface area contributed by atoms with Crippen molar-refractivity contribution in [2.75, 3.05) is 0 Å². The fourth-order valence-electron chi connectivity index (χ4n) is 6.57. The van der Waals surface area contributed by atoms with Gasteiger partial charge in [0.25, 0.3) is 0 Å². The number of piperidine rings is 2. The van der Waals surface area contributed by atoms with Crippen LogP contribution in [0.4, 0.5) is 4.79 Å². The minimum Gasteiger partial charge on any atom is -0.446 e. The Labute approximate surface area is 165 Å². The van der Waals surface area contributed by atoms with Gasteiger partial charge in [-0.25, -0.2) is 4.79 Å². The summed E-state index contributed by atoms with van der Waals surface area (Å²) in [6.07, 6.45) is 9.48. The summed E-state index contributed by atoms with van der Waals surface area (Å²) in [5, 5.41) is 10.9. The van der Waals surface area contributed by atoms with E-state index in [0.29, 0.717) is 6.04 Å². The molecule has 1 amide bonds. The quantitative estimate of drug-likeness (QED) is 0.671. The van der Waals surface area contributed by atoms with Crippen LogP contribution >= 0.6 is 0 Å². The van der Waals surface area contributed by atoms with Crippen molar-refractivity contribution in [3.05, 3.63) is 0 Å². The van der Waals surface area contributed by atoms with E-state index >= 15 is 0 Å². The number of amides is 1. The number of ether oxygens (including phenoxy) is 1. The fraction of sp³-hybridized carbons (Fsp3) is 0.955. The zero-order valence-corrected chi connectivity index (χ0v) is 18.3. The molecular weight excluding hydrogens is 338 g/mol. The highest BCUT2D eigenvalue weighted by atomic mass is 16.6. The second-order valence-corrected chi connectivity index (χ2v) is 11.5. The van der Waals surface area contributed by atoms with Crippen LogP contribution < -0.4 is 16.0 Å². The van der Waals surface area contributed by atoms with Gasteiger partial charge in [0.15, 0.2) is 0 Å². The average Bonchev–Trinajstić information content (AvgIpc) is 2.41. The Morgan fingerprint density at radius 3 is 2.04 bits per heavy atom. The third-order valence-electron chi connectivity index (χ3n) is 6.40. The van der Waals surface area contributed by atoms with E-state index < -0.39 is 0 Å². The molecule has 5 heteroatoms. The van der Waals surface area contributed by atoms with E-state index in [0.717, 1.165) is 38.5 Å². The lowest BCUT2D eigenvalue weighted by Gasteiger charge is -2.58. The van der Waals surface area contributed by atoms with E-state index in [1.165, 1.54) is 19.3 Å². The second kappa shape index (κ2) is 7.22. The Morgan fingerprint density at radius 1 is 0.852 bits per heavy atom. The first-order valence-electron chi connectivity index (χ1n) is 10.9. The van der Waals surface area contributed by atoms with Gasteiger partial charge in [0.2, 0.25) is 0 Å². The molecule has 27 heavy (non-hydrogen) atoms. The third-order valence-corrected chi connectivity index (χ3v) is 6.40. The van der Waals surface area contributed by atoms with Crippen LogP contribution in [0.3, 0.4) is 0 Å². The number of alkyl carbamates (subject to hydrolysis) is 1. The van der Waals surface area contributed by atoms with Gasteiger partial charge in [-0.1, -0.05) is 19.3 Å². The maximum absolute atomic E-state index is 12.6. The van der Waals surface area contributed by atoms with E-state index in [2.05, 4.69) is 57.5 Å². The molecule has 3 aliphatic rings. The van der Waals surface area contributed by atoms with E-state index in [1.807, 2.05) is 0 Å². The highest BCUT2D eigenvalue weighted by molar-refractivity contribution is 5.67. The normalized spacial score (nSPS) is 32.0. The summed E-state index contributed by atoms with van der Waals surface area (Å²) in [6.45, 7) is 13.6. The van der Waals surface area contributed by atoms with Gasteiger partial charge in [0.05, 0.1) is 0 Å². The highest BCUT2D eigenvalue weighted by Crippen LogP contribution is 2.44. The molecule has 1 saturated carbocycles. The summed E-state index contributed by atoms with van der Waals surface area (Å²) < 4.78 is 5.98. The molecule has 0 bridgehead atoms. The van der Waals surface area contributed by atoms with Crippen molar-refractivity contribution >= 4 is 6.09 Å². The van der Waals surface area contributed by atoms with Crippen LogP contribution in [-0.4, -0.2) is 40.4 Å². The summed E-state index contributed by atoms with van der Waals surface area (Å²) >= 11 is 0. The van der Waals surface area contributed by atoms with Gasteiger partial charge >= 0.3 is 6.09 Å². The summed E-state index contributed by atoms with van der Waals surface area (Å²) in [6, 6.07) is 0.298. The van der Waals surface area contributed by atoms with Crippen molar-refractivity contribution in [3.63, 3.8) is 0 Å². The number of nitrogens with one attached hydrogen (secondary N) is 3. The third kappa shape index (κ3) is 5.60. The predicted molar refractivity (Wildman–Crippen MR) is 110 cm³/mol. The summed E-state index contributed by atoms with van der Waals surface area (Å²) in [5.74, 6) is 0. The zero-order chi connectivity index (χ0) is 19.9. The van der Waals surface area contributed by atoms with Crippen LogP contribution in [0.15, 0.2) is 0 Å². The number of rotatable bonds is 2. The van der Waals surface area contributed by atoms with Crippen LogP contribution in [0.1, 0.15) is 99.3 Å². The average molecular weight is 380 g/mol. The van der Waals surface area contributed by atoms with Crippen molar-refractivity contribution in [2.24, 2.45) is 0 Å². The number of hydrogen-bond acceptors (Lipinski definition) is 4. The largest absolute Gasteiger partial charge is 0.446 e. The number of hydrogen-bond donors (Lipinski definition) is 3. The van der Waals surface area contributed by atoms with Crippen molar-refractivity contribution in [2.45, 2.75) is 134 Å². The topological polar surface area (TPSA) is 62.4 Å². The Hall–Kier alpha value is -0.810. The summed E-state index contributed by atoms with van der Waals surface area (Å²) in [7, 11) is 0. The molecule has 1 aliphatic carbocycles. The van der Waals surface area contributed by atoms with Crippen LogP contribution in [0.25, 0.3) is 0 Å². The molecule has 1 spiro atoms. The first-order chi connectivity index (χ1) is 12.4. The van der Waals surface area contributed by atoms with Gasteiger partial charge in [-0.3, -0.25) is 0 Å². The Bertz CT molecular complexity index is 528. The molecule has 5 nitrogen and oxygen atoms in total. The van der Waals surface area contributed by atoms with Crippen molar-refractivity contribution in [1.82, 2.24) is 16.0 Å². The molecule has 2 heterocycles. The molecule has 3 fully saturated rings. The standard InChI is InChI=1S/C22H41N3O2/c1-19(2)12-17(27-18(26)23-16-10-8-7-9-11-16)13-22(25-19)14-20(3,4)24-21(5,6)15-22/h16-17,24-25H,7-15H2,1-6H3,(H,23,26). The fourth-order valence-corrected chi connectivity index (χ4v) is 6.57. The van der Waals surface area contributed by atoms with Crippen LogP contribution in [0.2, 0.25) is 0 Å². The Kier molecular flexibility index (Phi) is 5.59. The first-order valence-corrected chi connectivity index (χ1v) is 10.9. The Morgan fingerprint density at radius 2 is 1.44 bits per heavy atom. The zero-order valence-electron chi connectivity index (χ0n) is 18.3. The summed E-state index contributed by atoms with van der Waals surface area (Å²) in [4.78, 5) is 12.6. The lowest BCUT2D eigenvalue weighted by atomic mass is 9.65. The smallest absolute Gasteiger partial charge is 0.407 e. The predicted octanol–water partition coefficient (Wildman–Crippen LogP) is 4.26. The molecule has 2 saturated heterocycles. The lowest BCUT2D eigenvalue weighted by Crippen LogP contribution is -2.72. The molecule has 2 aliphatic heterocycles. The van der Waals surface area contributed by atoms with Crippen molar-refractivity contribution in [1.29, 1.82) is 0 Å². The molecule has 156 valence electrons. The minimum absolute atomic E-state index is 0.00418. The maximum Gasteiger partial charge on any atom is 0.407 e. The molecule has 3 rings (SSSR count).